The van der Waals surface area contributed by atoms with Gasteiger partial charge in [-0.15, -0.1) is 0 Å². The van der Waals surface area contributed by atoms with E-state index in [-0.39, 0.29) is 12.9 Å². The number of hydrogen-bond acceptors (Lipinski definition) is 7. The molecule has 0 aliphatic heterocycles. The number of hydrogen-bond donors (Lipinski definition) is 5. The van der Waals surface area contributed by atoms with Crippen molar-refractivity contribution < 1.29 is 34.8 Å². The maximum absolute atomic E-state index is 11.7. The summed E-state index contributed by atoms with van der Waals surface area (Å²) < 4.78 is 4.98. The minimum absolute atomic E-state index is 0.202. The van der Waals surface area contributed by atoms with Gasteiger partial charge in [-0.25, -0.2) is 4.79 Å². The number of carbonyl (C=O) groups excluding carboxylic acids is 2. The molecule has 1 amide bonds. The van der Waals surface area contributed by atoms with Crippen molar-refractivity contribution in [1.29, 1.82) is 0 Å². The Morgan fingerprint density at radius 2 is 1.26 bits per heavy atom. The molecule has 0 bridgehead atoms. The van der Waals surface area contributed by atoms with Gasteiger partial charge >= 0.3 is 6.09 Å². The van der Waals surface area contributed by atoms with E-state index in [1.807, 2.05) is 0 Å². The van der Waals surface area contributed by atoms with Crippen molar-refractivity contribution >= 4 is 12.4 Å². The third-order valence-corrected chi connectivity index (χ3v) is 5.46. The van der Waals surface area contributed by atoms with E-state index in [1.54, 1.807) is 0 Å². The summed E-state index contributed by atoms with van der Waals surface area (Å²) in [6.07, 6.45) is 11.4. The van der Waals surface area contributed by atoms with Crippen LogP contribution in [0.3, 0.4) is 0 Å². The normalized spacial score (nSPS) is 15.1. The summed E-state index contributed by atoms with van der Waals surface area (Å²) in [6.45, 7) is 1.66. The fraction of sp³-hybridized carbons (Fsp3) is 0.913. The zero-order valence-corrected chi connectivity index (χ0v) is 19.2. The molecule has 0 heterocycles. The number of aldehydes is 1. The average Bonchev–Trinajstić information content (AvgIpc) is 2.78. The van der Waals surface area contributed by atoms with Gasteiger partial charge in [0.1, 0.15) is 30.6 Å². The average molecular weight is 448 g/mol. The Morgan fingerprint density at radius 3 is 1.68 bits per heavy atom. The smallest absolute Gasteiger partial charge is 0.407 e. The van der Waals surface area contributed by atoms with Crippen LogP contribution in [0.25, 0.3) is 0 Å². The minimum Gasteiger partial charge on any atom is -0.450 e. The zero-order chi connectivity index (χ0) is 23.3. The Morgan fingerprint density at radius 1 is 0.806 bits per heavy atom. The molecular weight excluding hydrogens is 402 g/mol. The van der Waals surface area contributed by atoms with Crippen molar-refractivity contribution in [3.63, 3.8) is 0 Å². The van der Waals surface area contributed by atoms with Crippen LogP contribution < -0.4 is 5.32 Å². The number of amides is 1. The number of aliphatic hydroxyl groups excluding tert-OH is 4. The Kier molecular flexibility index (Phi) is 19.9. The van der Waals surface area contributed by atoms with Crippen molar-refractivity contribution in [2.75, 3.05) is 13.2 Å². The molecule has 0 saturated carbocycles. The highest BCUT2D eigenvalue weighted by molar-refractivity contribution is 5.73. The number of nitrogens with one attached hydrogen (secondary N) is 1. The standard InChI is InChI=1S/C23H45NO7/c1-2-3-4-5-6-7-8-9-10-11-12-13-14-15-16-31-23(30)24-19(17-25)21(28)22(29)20(27)18-26/h17,19-22,26-29H,2-16,18H2,1H3,(H,24,30)/t19-,20+,21+,22+/m0/s1. The lowest BCUT2D eigenvalue weighted by molar-refractivity contribution is -0.120. The number of carbonyl (C=O) groups is 2. The summed E-state index contributed by atoms with van der Waals surface area (Å²) in [4.78, 5) is 22.7. The lowest BCUT2D eigenvalue weighted by atomic mass is 10.0. The van der Waals surface area contributed by atoms with Crippen LogP contribution in [0.2, 0.25) is 0 Å². The van der Waals surface area contributed by atoms with Gasteiger partial charge in [0.15, 0.2) is 0 Å². The van der Waals surface area contributed by atoms with Crippen LogP contribution in [0.1, 0.15) is 96.8 Å². The van der Waals surface area contributed by atoms with E-state index in [9.17, 15) is 24.9 Å². The van der Waals surface area contributed by atoms with Gasteiger partial charge in [0, 0.05) is 0 Å². The number of rotatable bonds is 21. The molecule has 31 heavy (non-hydrogen) atoms. The van der Waals surface area contributed by atoms with Crippen molar-refractivity contribution in [2.24, 2.45) is 0 Å². The van der Waals surface area contributed by atoms with Gasteiger partial charge in [0.05, 0.1) is 13.2 Å². The Hall–Kier alpha value is -1.22. The second-order valence-corrected chi connectivity index (χ2v) is 8.27. The molecule has 8 heteroatoms. The van der Waals surface area contributed by atoms with Crippen LogP contribution in [-0.4, -0.2) is 70.4 Å². The van der Waals surface area contributed by atoms with E-state index < -0.39 is 37.1 Å². The number of ether oxygens (including phenoxy) is 1. The van der Waals surface area contributed by atoms with Gasteiger partial charge < -0.3 is 35.3 Å². The van der Waals surface area contributed by atoms with Gasteiger partial charge in [-0.1, -0.05) is 90.4 Å². The van der Waals surface area contributed by atoms with E-state index in [4.69, 9.17) is 9.84 Å². The van der Waals surface area contributed by atoms with E-state index >= 15 is 0 Å². The van der Waals surface area contributed by atoms with Crippen molar-refractivity contribution in [1.82, 2.24) is 5.32 Å². The predicted octanol–water partition coefficient (Wildman–Crippen LogP) is 2.84. The summed E-state index contributed by atoms with van der Waals surface area (Å²) in [5, 5.41) is 39.6. The van der Waals surface area contributed by atoms with Crippen LogP contribution in [0.4, 0.5) is 4.79 Å². The van der Waals surface area contributed by atoms with E-state index in [0.717, 1.165) is 12.8 Å². The number of alkyl carbamates (subject to hydrolysis) is 1. The lowest BCUT2D eigenvalue weighted by Crippen LogP contribution is -2.53. The quantitative estimate of drug-likeness (QED) is 0.135. The fourth-order valence-electron chi connectivity index (χ4n) is 3.39. The Balaban J connectivity index is 3.61. The van der Waals surface area contributed by atoms with Crippen molar-refractivity contribution in [2.45, 2.75) is 121 Å². The molecule has 5 N–H and O–H groups in total. The monoisotopic (exact) mass is 447 g/mol. The number of aliphatic hydroxyl groups is 4. The lowest BCUT2D eigenvalue weighted by Gasteiger charge is -2.25. The van der Waals surface area contributed by atoms with Crippen LogP contribution in [0, 0.1) is 0 Å². The molecule has 0 spiro atoms. The molecule has 4 atom stereocenters. The molecule has 0 aromatic carbocycles. The molecule has 0 aromatic rings. The zero-order valence-electron chi connectivity index (χ0n) is 19.2. The minimum atomic E-state index is -1.77. The highest BCUT2D eigenvalue weighted by Crippen LogP contribution is 2.13. The van der Waals surface area contributed by atoms with E-state index in [0.29, 0.717) is 6.42 Å². The summed E-state index contributed by atoms with van der Waals surface area (Å²) >= 11 is 0. The molecule has 0 saturated heterocycles. The van der Waals surface area contributed by atoms with Crippen LogP contribution >= 0.6 is 0 Å². The maximum Gasteiger partial charge on any atom is 0.407 e. The van der Waals surface area contributed by atoms with Crippen molar-refractivity contribution in [3.05, 3.63) is 0 Å². The Bertz CT molecular complexity index is 436. The topological polar surface area (TPSA) is 136 Å². The van der Waals surface area contributed by atoms with Crippen LogP contribution in [-0.2, 0) is 9.53 Å². The third-order valence-electron chi connectivity index (χ3n) is 5.46. The maximum atomic E-state index is 11.7. The first-order chi connectivity index (χ1) is 15.0. The van der Waals surface area contributed by atoms with Crippen LogP contribution in [0.15, 0.2) is 0 Å². The fourth-order valence-corrected chi connectivity index (χ4v) is 3.39. The number of unbranched alkanes of at least 4 members (excludes halogenated alkanes) is 13. The first-order valence-corrected chi connectivity index (χ1v) is 12.0. The summed E-state index contributed by atoms with van der Waals surface area (Å²) in [7, 11) is 0. The van der Waals surface area contributed by atoms with Gasteiger partial charge in [-0.2, -0.15) is 0 Å². The van der Waals surface area contributed by atoms with Gasteiger partial charge in [-0.3, -0.25) is 0 Å². The summed E-state index contributed by atoms with van der Waals surface area (Å²) in [6, 6.07) is -1.44. The molecule has 184 valence electrons. The van der Waals surface area contributed by atoms with Gasteiger partial charge in [0.25, 0.3) is 0 Å². The van der Waals surface area contributed by atoms with Crippen LogP contribution in [0.5, 0.6) is 0 Å². The Labute approximate surface area is 187 Å². The predicted molar refractivity (Wildman–Crippen MR) is 120 cm³/mol. The van der Waals surface area contributed by atoms with Gasteiger partial charge in [-0.05, 0) is 6.42 Å². The highest BCUT2D eigenvalue weighted by Gasteiger charge is 2.32. The van der Waals surface area contributed by atoms with Gasteiger partial charge in [0.2, 0.25) is 0 Å². The first-order valence-electron chi connectivity index (χ1n) is 12.0. The molecule has 0 unspecified atom stereocenters. The summed E-state index contributed by atoms with van der Waals surface area (Å²) in [5.41, 5.74) is 0. The second kappa shape index (κ2) is 20.7. The molecule has 0 radical (unpaired) electrons. The largest absolute Gasteiger partial charge is 0.450 e. The highest BCUT2D eigenvalue weighted by atomic mass is 16.5. The van der Waals surface area contributed by atoms with Crippen molar-refractivity contribution in [3.8, 4) is 0 Å². The molecule has 0 aliphatic rings. The first kappa shape index (κ1) is 29.8. The molecule has 8 nitrogen and oxygen atoms in total. The van der Waals surface area contributed by atoms with E-state index in [2.05, 4.69) is 12.2 Å². The second-order valence-electron chi connectivity index (χ2n) is 8.27. The molecule has 0 aliphatic carbocycles. The third kappa shape index (κ3) is 16.1. The summed E-state index contributed by atoms with van der Waals surface area (Å²) in [5.74, 6) is 0. The molecule has 0 rings (SSSR count). The molecule has 0 fully saturated rings. The SMILES string of the molecule is CCCCCCCCCCCCCCCCOC(=O)N[C@@H](C=O)[C@@H](O)[C@H](O)[C@H](O)CO. The van der Waals surface area contributed by atoms with E-state index in [1.165, 1.54) is 70.6 Å². The molecular formula is C23H45NO7. The molecule has 0 aromatic heterocycles.